The highest BCUT2D eigenvalue weighted by Gasteiger charge is 2.65. The van der Waals surface area contributed by atoms with Crippen LogP contribution in [0.25, 0.3) is 0 Å². The second-order valence-corrected chi connectivity index (χ2v) is 10.3. The summed E-state index contributed by atoms with van der Waals surface area (Å²) >= 11 is 0. The van der Waals surface area contributed by atoms with Crippen molar-refractivity contribution in [2.24, 2.45) is 0 Å². The van der Waals surface area contributed by atoms with Crippen LogP contribution in [0.5, 0.6) is 0 Å². The Balaban J connectivity index is 2.78. The molecule has 47 heavy (non-hydrogen) atoms. The van der Waals surface area contributed by atoms with Crippen molar-refractivity contribution in [1.29, 1.82) is 0 Å². The molecular formula is C28H38O19. The number of carbonyl (C=O) groups is 8. The maximum Gasteiger partial charge on any atom is 0.303 e. The Morgan fingerprint density at radius 1 is 0.489 bits per heavy atom. The lowest BCUT2D eigenvalue weighted by atomic mass is 9.97. The maximum atomic E-state index is 12.3. The molecule has 19 nitrogen and oxygen atoms in total. The van der Waals surface area contributed by atoms with Gasteiger partial charge in [-0.25, -0.2) is 0 Å². The van der Waals surface area contributed by atoms with E-state index in [1.165, 1.54) is 0 Å². The lowest BCUT2D eigenvalue weighted by Gasteiger charge is -2.46. The van der Waals surface area contributed by atoms with Crippen LogP contribution in [-0.4, -0.2) is 122 Å². The van der Waals surface area contributed by atoms with Crippen molar-refractivity contribution < 1.29 is 90.5 Å². The molecule has 0 N–H and O–H groups in total. The van der Waals surface area contributed by atoms with Crippen molar-refractivity contribution in [3.63, 3.8) is 0 Å². The third-order valence-corrected chi connectivity index (χ3v) is 6.24. The minimum absolute atomic E-state index is 0.588. The first-order chi connectivity index (χ1) is 21.8. The maximum absolute atomic E-state index is 12.3. The predicted octanol–water partition coefficient (Wildman–Crippen LogP) is -0.829. The van der Waals surface area contributed by atoms with Gasteiger partial charge in [-0.15, -0.1) is 0 Å². The van der Waals surface area contributed by atoms with E-state index >= 15 is 0 Å². The van der Waals surface area contributed by atoms with Crippen LogP contribution in [-0.2, 0) is 90.5 Å². The van der Waals surface area contributed by atoms with E-state index in [-0.39, 0.29) is 0 Å². The summed E-state index contributed by atoms with van der Waals surface area (Å²) in [5, 5.41) is 0. The van der Waals surface area contributed by atoms with Gasteiger partial charge in [0.1, 0.15) is 32.0 Å². The Morgan fingerprint density at radius 3 is 1.38 bits per heavy atom. The zero-order valence-corrected chi connectivity index (χ0v) is 27.0. The topological polar surface area (TPSA) is 238 Å². The summed E-state index contributed by atoms with van der Waals surface area (Å²) in [6.07, 6.45) is -13.2. The smallest absolute Gasteiger partial charge is 0.303 e. The van der Waals surface area contributed by atoms with Crippen LogP contribution in [0.3, 0.4) is 0 Å². The van der Waals surface area contributed by atoms with Gasteiger partial charge < -0.3 is 52.1 Å². The van der Waals surface area contributed by atoms with Crippen LogP contribution < -0.4 is 0 Å². The van der Waals surface area contributed by atoms with Gasteiger partial charge in [-0.3, -0.25) is 38.4 Å². The van der Waals surface area contributed by atoms with Gasteiger partial charge in [0.2, 0.25) is 12.1 Å². The number of rotatable bonds is 13. The van der Waals surface area contributed by atoms with Crippen LogP contribution in [0.1, 0.15) is 55.4 Å². The summed E-state index contributed by atoms with van der Waals surface area (Å²) in [6.45, 7) is 6.12. The first-order valence-electron chi connectivity index (χ1n) is 14.1. The molecule has 2 fully saturated rings. The van der Waals surface area contributed by atoms with Gasteiger partial charge in [0.25, 0.3) is 0 Å². The van der Waals surface area contributed by atoms with E-state index in [2.05, 4.69) is 0 Å². The molecule has 0 aromatic carbocycles. The Morgan fingerprint density at radius 2 is 0.915 bits per heavy atom. The first kappa shape index (κ1) is 38.8. The van der Waals surface area contributed by atoms with Crippen molar-refractivity contribution in [3.8, 4) is 0 Å². The zero-order chi connectivity index (χ0) is 35.6. The van der Waals surface area contributed by atoms with Gasteiger partial charge in [-0.2, -0.15) is 0 Å². The molecule has 0 saturated carbocycles. The zero-order valence-electron chi connectivity index (χ0n) is 27.0. The molecule has 19 heteroatoms. The molecule has 0 radical (unpaired) electrons. The van der Waals surface area contributed by atoms with Crippen molar-refractivity contribution in [3.05, 3.63) is 0 Å². The van der Waals surface area contributed by atoms with Gasteiger partial charge in [0.05, 0.1) is 0 Å². The molecular weight excluding hydrogens is 640 g/mol. The first-order valence-corrected chi connectivity index (χ1v) is 14.1. The molecule has 0 spiro atoms. The Bertz CT molecular complexity index is 1210. The molecule has 0 bridgehead atoms. The van der Waals surface area contributed by atoms with Crippen LogP contribution in [0.2, 0.25) is 0 Å². The summed E-state index contributed by atoms with van der Waals surface area (Å²) in [5.74, 6) is -9.54. The average Bonchev–Trinajstić information content (AvgIpc) is 3.18. The summed E-state index contributed by atoms with van der Waals surface area (Å²) < 4.78 is 60.5. The van der Waals surface area contributed by atoms with E-state index in [4.69, 9.17) is 52.1 Å². The van der Waals surface area contributed by atoms with E-state index in [0.29, 0.717) is 0 Å². The molecule has 9 atom stereocenters. The van der Waals surface area contributed by atoms with Gasteiger partial charge in [-0.05, 0) is 0 Å². The third kappa shape index (κ3) is 11.4. The Labute approximate surface area is 268 Å². The SMILES string of the molecule is CC(=O)OC[C@H]1O[C@](COC(C)=O)(O[C@H]2O[C@H](COC(C)=O)[C@@H](OC(C)=O)[C@H](OC(C)=O)[C@H]2OC(C)=O)[C@@H](OC(C)=O)[C@@H]1OC(C)=O. The Kier molecular flexibility index (Phi) is 14.0. The fourth-order valence-corrected chi connectivity index (χ4v) is 4.76. The summed E-state index contributed by atoms with van der Waals surface area (Å²) in [6, 6.07) is 0. The van der Waals surface area contributed by atoms with E-state index in [0.717, 1.165) is 55.4 Å². The largest absolute Gasteiger partial charge is 0.463 e. The lowest BCUT2D eigenvalue weighted by molar-refractivity contribution is -0.384. The van der Waals surface area contributed by atoms with Crippen molar-refractivity contribution in [1.82, 2.24) is 0 Å². The van der Waals surface area contributed by atoms with Crippen LogP contribution in [0.4, 0.5) is 0 Å². The fourth-order valence-electron chi connectivity index (χ4n) is 4.76. The minimum atomic E-state index is -2.48. The van der Waals surface area contributed by atoms with Gasteiger partial charge >= 0.3 is 47.8 Å². The van der Waals surface area contributed by atoms with E-state index in [1.807, 2.05) is 0 Å². The second kappa shape index (κ2) is 17.0. The molecule has 0 amide bonds. The highest BCUT2D eigenvalue weighted by Crippen LogP contribution is 2.41. The number of ether oxygens (including phenoxy) is 11. The standard InChI is InChI=1S/C28H38O19/c1-12(29)37-9-20-22(40-15(4)32)24(42-17(6)34)25(43-18(7)35)27(45-20)47-28(11-39-14(3)31)26(44-19(8)36)23(41-16(5)33)21(46-28)10-38-13(2)30/h20-27H,9-11H2,1-8H3/t20-,21-,22-,23-,24+,25-,26+,27-,28-/m1/s1. The van der Waals surface area contributed by atoms with Gasteiger partial charge in [-0.1, -0.05) is 0 Å². The summed E-state index contributed by atoms with van der Waals surface area (Å²) in [4.78, 5) is 96.4. The lowest BCUT2D eigenvalue weighted by Crippen LogP contribution is -2.65. The number of carbonyl (C=O) groups excluding carboxylic acids is 8. The number of hydrogen-bond acceptors (Lipinski definition) is 19. The van der Waals surface area contributed by atoms with Crippen molar-refractivity contribution in [2.75, 3.05) is 19.8 Å². The monoisotopic (exact) mass is 678 g/mol. The summed E-state index contributed by atoms with van der Waals surface area (Å²) in [5.41, 5.74) is 0. The fraction of sp³-hybridized carbons (Fsp3) is 0.714. The van der Waals surface area contributed by atoms with Crippen molar-refractivity contribution >= 4 is 47.8 Å². The van der Waals surface area contributed by atoms with Gasteiger partial charge in [0, 0.05) is 55.4 Å². The molecule has 0 aromatic heterocycles. The molecule has 2 aliphatic rings. The van der Waals surface area contributed by atoms with E-state index < -0.39 is 122 Å². The van der Waals surface area contributed by atoms with E-state index in [9.17, 15) is 38.4 Å². The average molecular weight is 679 g/mol. The van der Waals surface area contributed by atoms with Crippen molar-refractivity contribution in [2.45, 2.75) is 110 Å². The molecule has 2 rings (SSSR count). The normalized spacial score (nSPS) is 29.8. The highest BCUT2D eigenvalue weighted by molar-refractivity contribution is 5.69. The molecule has 0 unspecified atom stereocenters. The quantitative estimate of drug-likeness (QED) is 0.171. The molecule has 2 aliphatic heterocycles. The van der Waals surface area contributed by atoms with Crippen LogP contribution in [0.15, 0.2) is 0 Å². The Hall–Kier alpha value is -4.36. The van der Waals surface area contributed by atoms with E-state index in [1.54, 1.807) is 0 Å². The molecule has 0 aromatic rings. The second-order valence-electron chi connectivity index (χ2n) is 10.3. The number of esters is 8. The van der Waals surface area contributed by atoms with Crippen LogP contribution >= 0.6 is 0 Å². The molecule has 2 heterocycles. The third-order valence-electron chi connectivity index (χ3n) is 6.24. The van der Waals surface area contributed by atoms with Gasteiger partial charge in [0.15, 0.2) is 30.5 Å². The molecule has 264 valence electrons. The highest BCUT2D eigenvalue weighted by atomic mass is 16.8. The summed E-state index contributed by atoms with van der Waals surface area (Å²) in [7, 11) is 0. The predicted molar refractivity (Wildman–Crippen MR) is 145 cm³/mol. The van der Waals surface area contributed by atoms with Crippen LogP contribution in [0, 0.1) is 0 Å². The molecule has 2 saturated heterocycles. The minimum Gasteiger partial charge on any atom is -0.463 e. The number of hydrogen-bond donors (Lipinski definition) is 0. The molecule has 0 aliphatic carbocycles.